The van der Waals surface area contributed by atoms with Crippen molar-refractivity contribution in [1.29, 1.82) is 5.41 Å². The zero-order valence-corrected chi connectivity index (χ0v) is 17.4. The maximum Gasteiger partial charge on any atom is 0.410 e. The van der Waals surface area contributed by atoms with E-state index in [0.717, 1.165) is 16.0 Å². The fourth-order valence-electron chi connectivity index (χ4n) is 3.25. The van der Waals surface area contributed by atoms with E-state index in [0.29, 0.717) is 35.8 Å². The Morgan fingerprint density at radius 2 is 2.26 bits per heavy atom. The molecule has 3 aromatic rings. The highest BCUT2D eigenvalue weighted by Gasteiger charge is 2.27. The molecule has 0 fully saturated rings. The standard InChI is InChI=1S/C22H20N4O4S/c23-11-18-17-7-9-26(22(28)30-14-15-3-1-8-24-12-15)13-19(17)31-21(18)25-20(27)6-5-16-4-2-10-29-16/h1-6,8,10-12,23H,7,9,13-14H2,(H,25,27)/b6-5+,23-11?. The Balaban J connectivity index is 1.41. The molecule has 0 aromatic carbocycles. The second-order valence-electron chi connectivity index (χ2n) is 6.82. The second-order valence-corrected chi connectivity index (χ2v) is 7.92. The molecule has 0 spiro atoms. The van der Waals surface area contributed by atoms with Crippen LogP contribution in [0.25, 0.3) is 6.08 Å². The van der Waals surface area contributed by atoms with Crippen LogP contribution in [0.4, 0.5) is 9.80 Å². The van der Waals surface area contributed by atoms with Crippen molar-refractivity contribution in [3.63, 3.8) is 0 Å². The van der Waals surface area contributed by atoms with Gasteiger partial charge in [-0.1, -0.05) is 6.07 Å². The van der Waals surface area contributed by atoms with Crippen LogP contribution in [0.15, 0.2) is 53.4 Å². The summed E-state index contributed by atoms with van der Waals surface area (Å²) in [7, 11) is 0. The highest BCUT2D eigenvalue weighted by Crippen LogP contribution is 2.36. The summed E-state index contributed by atoms with van der Waals surface area (Å²) in [6.07, 6.45) is 9.26. The third kappa shape index (κ3) is 4.89. The van der Waals surface area contributed by atoms with Gasteiger partial charge in [-0.25, -0.2) is 4.79 Å². The van der Waals surface area contributed by atoms with Gasteiger partial charge in [-0.05, 0) is 36.3 Å². The number of pyridine rings is 1. The largest absolute Gasteiger partial charge is 0.465 e. The number of nitrogens with one attached hydrogen (secondary N) is 2. The first kappa shape index (κ1) is 20.5. The molecule has 8 nitrogen and oxygen atoms in total. The topological polar surface area (TPSA) is 109 Å². The maximum atomic E-state index is 12.5. The number of thiophene rings is 1. The van der Waals surface area contributed by atoms with Crippen LogP contribution in [0.1, 0.15) is 27.3 Å². The van der Waals surface area contributed by atoms with Crippen LogP contribution in [-0.2, 0) is 29.1 Å². The predicted molar refractivity (Wildman–Crippen MR) is 117 cm³/mol. The van der Waals surface area contributed by atoms with Crippen LogP contribution >= 0.6 is 11.3 Å². The average molecular weight is 436 g/mol. The van der Waals surface area contributed by atoms with Crippen LogP contribution in [0.5, 0.6) is 0 Å². The number of rotatable bonds is 6. The molecule has 158 valence electrons. The fraction of sp³-hybridized carbons (Fsp3) is 0.182. The molecule has 0 saturated carbocycles. The molecule has 0 radical (unpaired) electrons. The first-order valence-corrected chi connectivity index (χ1v) is 10.4. The monoisotopic (exact) mass is 436 g/mol. The van der Waals surface area contributed by atoms with E-state index in [1.807, 2.05) is 6.07 Å². The second kappa shape index (κ2) is 9.40. The Bertz CT molecular complexity index is 1110. The van der Waals surface area contributed by atoms with Crippen molar-refractivity contribution in [2.75, 3.05) is 11.9 Å². The number of furan rings is 1. The molecule has 4 rings (SSSR count). The van der Waals surface area contributed by atoms with Gasteiger partial charge in [0, 0.05) is 47.2 Å². The first-order valence-electron chi connectivity index (χ1n) is 9.62. The fourth-order valence-corrected chi connectivity index (χ4v) is 4.49. The zero-order chi connectivity index (χ0) is 21.6. The molecule has 0 saturated heterocycles. The normalized spacial score (nSPS) is 13.1. The average Bonchev–Trinajstić information content (AvgIpc) is 3.43. The van der Waals surface area contributed by atoms with Crippen molar-refractivity contribution in [3.8, 4) is 0 Å². The van der Waals surface area contributed by atoms with Crippen molar-refractivity contribution >= 4 is 40.6 Å². The van der Waals surface area contributed by atoms with Gasteiger partial charge in [0.05, 0.1) is 12.8 Å². The summed E-state index contributed by atoms with van der Waals surface area (Å²) < 4.78 is 10.6. The number of carbonyl (C=O) groups excluding carboxylic acids is 2. The van der Waals surface area contributed by atoms with E-state index in [9.17, 15) is 9.59 Å². The van der Waals surface area contributed by atoms with Gasteiger partial charge in [0.2, 0.25) is 5.91 Å². The number of carbonyl (C=O) groups is 2. The van der Waals surface area contributed by atoms with Crippen LogP contribution in [0.3, 0.4) is 0 Å². The Kier molecular flexibility index (Phi) is 6.23. The third-order valence-electron chi connectivity index (χ3n) is 4.76. The molecule has 2 N–H and O–H groups in total. The molecule has 0 bridgehead atoms. The highest BCUT2D eigenvalue weighted by molar-refractivity contribution is 7.17. The number of hydrogen-bond acceptors (Lipinski definition) is 7. The van der Waals surface area contributed by atoms with Gasteiger partial charge < -0.3 is 24.8 Å². The minimum Gasteiger partial charge on any atom is -0.465 e. The summed E-state index contributed by atoms with van der Waals surface area (Å²) in [5.74, 6) is 0.263. The SMILES string of the molecule is N=Cc1c(NC(=O)/C=C/c2ccco2)sc2c1CCN(C(=O)OCc1cccnc1)C2. The van der Waals surface area contributed by atoms with Gasteiger partial charge in [0.25, 0.3) is 0 Å². The van der Waals surface area contributed by atoms with E-state index in [2.05, 4.69) is 10.3 Å². The van der Waals surface area contributed by atoms with Gasteiger partial charge in [-0.3, -0.25) is 9.78 Å². The zero-order valence-electron chi connectivity index (χ0n) is 16.5. The molecular weight excluding hydrogens is 416 g/mol. The number of anilines is 1. The minimum absolute atomic E-state index is 0.162. The van der Waals surface area contributed by atoms with Crippen molar-refractivity contribution < 1.29 is 18.7 Å². The smallest absolute Gasteiger partial charge is 0.410 e. The summed E-state index contributed by atoms with van der Waals surface area (Å²) in [5.41, 5.74) is 2.49. The molecule has 0 aliphatic carbocycles. The quantitative estimate of drug-likeness (QED) is 0.447. The summed E-state index contributed by atoms with van der Waals surface area (Å²) >= 11 is 1.37. The van der Waals surface area contributed by atoms with E-state index in [-0.39, 0.29) is 12.5 Å². The van der Waals surface area contributed by atoms with E-state index in [1.165, 1.54) is 29.9 Å². The minimum atomic E-state index is -0.397. The lowest BCUT2D eigenvalue weighted by Gasteiger charge is -2.26. The lowest BCUT2D eigenvalue weighted by atomic mass is 10.0. The molecule has 1 aliphatic heterocycles. The van der Waals surface area contributed by atoms with Crippen LogP contribution < -0.4 is 5.32 Å². The molecule has 2 amide bonds. The number of ether oxygens (including phenoxy) is 1. The van der Waals surface area contributed by atoms with Crippen molar-refractivity contribution in [2.45, 2.75) is 19.6 Å². The Labute approximate surface area is 182 Å². The molecule has 1 aliphatic rings. The number of amides is 2. The Morgan fingerprint density at radius 3 is 3.00 bits per heavy atom. The van der Waals surface area contributed by atoms with Crippen LogP contribution in [-0.4, -0.2) is 34.6 Å². The van der Waals surface area contributed by atoms with Gasteiger partial charge in [0.15, 0.2) is 0 Å². The van der Waals surface area contributed by atoms with Gasteiger partial charge in [-0.15, -0.1) is 11.3 Å². The van der Waals surface area contributed by atoms with E-state index < -0.39 is 6.09 Å². The highest BCUT2D eigenvalue weighted by atomic mass is 32.1. The van der Waals surface area contributed by atoms with Crippen LogP contribution in [0, 0.1) is 5.41 Å². The molecule has 0 atom stereocenters. The van der Waals surface area contributed by atoms with E-state index in [4.69, 9.17) is 14.6 Å². The first-order chi connectivity index (χ1) is 15.1. The maximum absolute atomic E-state index is 12.5. The number of hydrogen-bond donors (Lipinski definition) is 2. The molecular formula is C22H20N4O4S. The summed E-state index contributed by atoms with van der Waals surface area (Å²) in [6, 6.07) is 7.13. The Morgan fingerprint density at radius 1 is 1.35 bits per heavy atom. The van der Waals surface area contributed by atoms with E-state index >= 15 is 0 Å². The van der Waals surface area contributed by atoms with Gasteiger partial charge in [-0.2, -0.15) is 0 Å². The Hall–Kier alpha value is -3.72. The number of aromatic nitrogens is 1. The molecule has 31 heavy (non-hydrogen) atoms. The van der Waals surface area contributed by atoms with Crippen molar-refractivity contribution in [1.82, 2.24) is 9.88 Å². The summed E-state index contributed by atoms with van der Waals surface area (Å²) in [4.78, 5) is 31.3. The lowest BCUT2D eigenvalue weighted by Crippen LogP contribution is -2.35. The molecule has 0 unspecified atom stereocenters. The van der Waals surface area contributed by atoms with Crippen LogP contribution in [0.2, 0.25) is 0 Å². The molecule has 4 heterocycles. The number of fused-ring (bicyclic) bond motifs is 1. The lowest BCUT2D eigenvalue weighted by molar-refractivity contribution is -0.111. The summed E-state index contributed by atoms with van der Waals surface area (Å²) in [5, 5.41) is 11.2. The summed E-state index contributed by atoms with van der Waals surface area (Å²) in [6.45, 7) is 1.03. The third-order valence-corrected chi connectivity index (χ3v) is 5.91. The molecule has 3 aromatic heterocycles. The number of nitrogens with zero attached hydrogens (tertiary/aromatic N) is 2. The van der Waals surface area contributed by atoms with Gasteiger partial charge in [0.1, 0.15) is 17.4 Å². The molecule has 9 heteroatoms. The van der Waals surface area contributed by atoms with Crippen molar-refractivity contribution in [3.05, 3.63) is 76.3 Å². The van der Waals surface area contributed by atoms with E-state index in [1.54, 1.807) is 41.6 Å². The van der Waals surface area contributed by atoms with Gasteiger partial charge >= 0.3 is 6.09 Å². The predicted octanol–water partition coefficient (Wildman–Crippen LogP) is 4.08. The van der Waals surface area contributed by atoms with Crippen molar-refractivity contribution in [2.24, 2.45) is 0 Å².